The third kappa shape index (κ3) is 5.10. The molecule has 0 aliphatic heterocycles. The summed E-state index contributed by atoms with van der Waals surface area (Å²) in [6.45, 7) is 0. The molecule has 0 aliphatic carbocycles. The van der Waals surface area contributed by atoms with E-state index in [1.165, 1.54) is 0 Å². The summed E-state index contributed by atoms with van der Waals surface area (Å²) in [6.07, 6.45) is -10.4. The van der Waals surface area contributed by atoms with E-state index in [9.17, 15) is 31.1 Å². The van der Waals surface area contributed by atoms with E-state index in [1.807, 2.05) is 0 Å². The Morgan fingerprint density at radius 3 is 2.08 bits per heavy atom. The number of halogens is 6. The molecule has 0 atom stereocenters. The number of hydrogen-bond acceptors (Lipinski definition) is 3. The lowest BCUT2D eigenvalue weighted by molar-refractivity contribution is -0.274. The molecule has 0 saturated heterocycles. The Balaban J connectivity index is 2.42. The predicted octanol–water partition coefficient (Wildman–Crippen LogP) is 4.29. The quantitative estimate of drug-likeness (QED) is 0.821. The molecule has 0 amide bonds. The minimum atomic E-state index is -4.88. The molecule has 2 aromatic rings. The zero-order chi connectivity index (χ0) is 18.8. The van der Waals surface area contributed by atoms with Crippen molar-refractivity contribution in [1.29, 1.82) is 0 Å². The van der Waals surface area contributed by atoms with Crippen molar-refractivity contribution >= 4 is 5.97 Å². The average molecular weight is 365 g/mol. The molecule has 0 radical (unpaired) electrons. The largest absolute Gasteiger partial charge is 0.573 e. The molecule has 0 fully saturated rings. The van der Waals surface area contributed by atoms with Gasteiger partial charge in [-0.25, -0.2) is 4.98 Å². The Kier molecular flexibility index (Phi) is 4.91. The van der Waals surface area contributed by atoms with Gasteiger partial charge in [0.05, 0.1) is 12.1 Å². The molecule has 25 heavy (non-hydrogen) atoms. The molecule has 10 heteroatoms. The van der Waals surface area contributed by atoms with Crippen LogP contribution in [0.15, 0.2) is 36.4 Å². The van der Waals surface area contributed by atoms with E-state index in [1.54, 1.807) is 0 Å². The van der Waals surface area contributed by atoms with Crippen LogP contribution in [0.4, 0.5) is 26.3 Å². The van der Waals surface area contributed by atoms with Crippen molar-refractivity contribution in [1.82, 2.24) is 4.98 Å². The van der Waals surface area contributed by atoms with Crippen molar-refractivity contribution in [3.8, 4) is 16.9 Å². The summed E-state index contributed by atoms with van der Waals surface area (Å²) in [6, 6.07) is 5.94. The number of carboxylic acid groups (broad SMARTS) is 1. The maximum absolute atomic E-state index is 12.7. The second-order valence-electron chi connectivity index (χ2n) is 4.83. The van der Waals surface area contributed by atoms with E-state index >= 15 is 0 Å². The number of nitrogens with zero attached hydrogens (tertiary/aromatic N) is 1. The fourth-order valence-corrected chi connectivity index (χ4v) is 2.04. The van der Waals surface area contributed by atoms with Crippen LogP contribution in [0.25, 0.3) is 11.1 Å². The first-order chi connectivity index (χ1) is 11.5. The zero-order valence-electron chi connectivity index (χ0n) is 12.1. The molecule has 0 unspecified atom stereocenters. The van der Waals surface area contributed by atoms with Gasteiger partial charge in [0, 0.05) is 5.56 Å². The number of carbonyl (C=O) groups is 1. The number of carboxylic acids is 1. The van der Waals surface area contributed by atoms with Crippen molar-refractivity contribution in [3.05, 3.63) is 47.8 Å². The molecule has 134 valence electrons. The van der Waals surface area contributed by atoms with Gasteiger partial charge in [0.15, 0.2) is 0 Å². The second-order valence-corrected chi connectivity index (χ2v) is 4.83. The van der Waals surface area contributed by atoms with Crippen LogP contribution in [0.3, 0.4) is 0 Å². The van der Waals surface area contributed by atoms with Gasteiger partial charge in [-0.15, -0.1) is 13.2 Å². The normalized spacial score (nSPS) is 12.1. The van der Waals surface area contributed by atoms with Gasteiger partial charge < -0.3 is 9.84 Å². The monoisotopic (exact) mass is 365 g/mol. The summed E-state index contributed by atoms with van der Waals surface area (Å²) in [5, 5.41) is 8.84. The van der Waals surface area contributed by atoms with Gasteiger partial charge in [-0.2, -0.15) is 13.2 Å². The molecule has 1 aromatic heterocycles. The number of aliphatic carboxylic acids is 1. The highest BCUT2D eigenvalue weighted by atomic mass is 19.4. The number of aromatic nitrogens is 1. The van der Waals surface area contributed by atoms with E-state index in [0.717, 1.165) is 30.3 Å². The number of pyridine rings is 1. The Morgan fingerprint density at radius 2 is 1.60 bits per heavy atom. The highest BCUT2D eigenvalue weighted by Gasteiger charge is 2.33. The Hall–Kier alpha value is -2.78. The number of benzene rings is 1. The Morgan fingerprint density at radius 1 is 1.00 bits per heavy atom. The van der Waals surface area contributed by atoms with Crippen LogP contribution in [0, 0.1) is 0 Å². The minimum absolute atomic E-state index is 0.0639. The summed E-state index contributed by atoms with van der Waals surface area (Å²) in [5.41, 5.74) is -1.35. The SMILES string of the molecule is O=C(O)Cc1nc(C(F)(F)F)ccc1-c1ccc(OC(F)(F)F)cc1. The second kappa shape index (κ2) is 6.61. The van der Waals surface area contributed by atoms with E-state index in [2.05, 4.69) is 9.72 Å². The number of alkyl halides is 6. The van der Waals surface area contributed by atoms with E-state index in [0.29, 0.717) is 6.07 Å². The lowest BCUT2D eigenvalue weighted by atomic mass is 10.0. The standard InChI is InChI=1S/C15H9F6NO3/c16-14(17,18)12-6-5-10(11(22-12)7-13(23)24)8-1-3-9(4-2-8)25-15(19,20)21/h1-6H,7H2,(H,23,24). The van der Waals surface area contributed by atoms with E-state index < -0.39 is 36.4 Å². The van der Waals surface area contributed by atoms with Crippen molar-refractivity contribution < 1.29 is 41.0 Å². The van der Waals surface area contributed by atoms with Gasteiger partial charge >= 0.3 is 18.5 Å². The molecule has 1 N–H and O–H groups in total. The average Bonchev–Trinajstić information content (AvgIpc) is 2.45. The molecule has 0 spiro atoms. The van der Waals surface area contributed by atoms with Crippen LogP contribution in [-0.4, -0.2) is 22.4 Å². The van der Waals surface area contributed by atoms with Crippen molar-refractivity contribution in [2.45, 2.75) is 19.0 Å². The predicted molar refractivity (Wildman–Crippen MR) is 72.7 cm³/mol. The molecule has 2 rings (SSSR count). The summed E-state index contributed by atoms with van der Waals surface area (Å²) in [5.74, 6) is -1.92. The number of rotatable bonds is 4. The molecule has 0 aliphatic rings. The fraction of sp³-hybridized carbons (Fsp3) is 0.200. The van der Waals surface area contributed by atoms with Crippen LogP contribution in [0.2, 0.25) is 0 Å². The minimum Gasteiger partial charge on any atom is -0.481 e. The van der Waals surface area contributed by atoms with Crippen molar-refractivity contribution in [2.75, 3.05) is 0 Å². The Labute approximate surface area is 136 Å². The van der Waals surface area contributed by atoms with Crippen LogP contribution >= 0.6 is 0 Å². The lowest BCUT2D eigenvalue weighted by Crippen LogP contribution is -2.17. The van der Waals surface area contributed by atoms with Gasteiger partial charge in [0.25, 0.3) is 0 Å². The van der Waals surface area contributed by atoms with Crippen molar-refractivity contribution in [3.63, 3.8) is 0 Å². The first-order valence-corrected chi connectivity index (χ1v) is 6.61. The molecule has 1 aromatic carbocycles. The topological polar surface area (TPSA) is 59.4 Å². The maximum Gasteiger partial charge on any atom is 0.573 e. The smallest absolute Gasteiger partial charge is 0.481 e. The first-order valence-electron chi connectivity index (χ1n) is 6.61. The third-order valence-corrected chi connectivity index (χ3v) is 2.98. The summed E-state index contributed by atoms with van der Waals surface area (Å²) >= 11 is 0. The Bertz CT molecular complexity index is 768. The number of hydrogen-bond donors (Lipinski definition) is 1. The lowest BCUT2D eigenvalue weighted by Gasteiger charge is -2.13. The van der Waals surface area contributed by atoms with Crippen LogP contribution in [0.5, 0.6) is 5.75 Å². The summed E-state index contributed by atoms with van der Waals surface area (Å²) < 4.78 is 78.2. The van der Waals surface area contributed by atoms with Crippen molar-refractivity contribution in [2.24, 2.45) is 0 Å². The molecular weight excluding hydrogens is 356 g/mol. The highest BCUT2D eigenvalue weighted by Crippen LogP contribution is 2.32. The van der Waals surface area contributed by atoms with Gasteiger partial charge in [-0.3, -0.25) is 4.79 Å². The molecule has 1 heterocycles. The highest BCUT2D eigenvalue weighted by molar-refractivity contribution is 5.75. The summed E-state index contributed by atoms with van der Waals surface area (Å²) in [7, 11) is 0. The molecule has 0 bridgehead atoms. The maximum atomic E-state index is 12.7. The van der Waals surface area contributed by atoms with E-state index in [4.69, 9.17) is 5.11 Å². The molecule has 0 saturated carbocycles. The fourth-order valence-electron chi connectivity index (χ4n) is 2.04. The van der Waals surface area contributed by atoms with Gasteiger partial charge in [0.2, 0.25) is 0 Å². The third-order valence-electron chi connectivity index (χ3n) is 2.98. The van der Waals surface area contributed by atoms with Gasteiger partial charge in [-0.1, -0.05) is 18.2 Å². The van der Waals surface area contributed by atoms with Crippen LogP contribution < -0.4 is 4.74 Å². The van der Waals surface area contributed by atoms with Gasteiger partial charge in [0.1, 0.15) is 11.4 Å². The first kappa shape index (κ1) is 18.6. The van der Waals surface area contributed by atoms with E-state index in [-0.39, 0.29) is 16.8 Å². The molecular formula is C15H9F6NO3. The number of ether oxygens (including phenoxy) is 1. The van der Waals surface area contributed by atoms with Gasteiger partial charge in [-0.05, 0) is 23.8 Å². The molecule has 4 nitrogen and oxygen atoms in total. The zero-order valence-corrected chi connectivity index (χ0v) is 12.1. The summed E-state index contributed by atoms with van der Waals surface area (Å²) in [4.78, 5) is 14.2. The van der Waals surface area contributed by atoms with Crippen LogP contribution in [-0.2, 0) is 17.4 Å². The van der Waals surface area contributed by atoms with Crippen LogP contribution in [0.1, 0.15) is 11.4 Å².